The lowest BCUT2D eigenvalue weighted by molar-refractivity contribution is -0.116. The van der Waals surface area contributed by atoms with E-state index in [-0.39, 0.29) is 0 Å². The van der Waals surface area contributed by atoms with Gasteiger partial charge in [-0.05, 0) is 32.7 Å². The molecule has 0 unspecified atom stereocenters. The van der Waals surface area contributed by atoms with Crippen LogP contribution in [0.4, 0.5) is 0 Å². The molecule has 0 aromatic rings. The van der Waals surface area contributed by atoms with Crippen LogP contribution in [-0.2, 0) is 13.6 Å². The minimum atomic E-state index is -1.41. The molecule has 0 fully saturated rings. The third-order valence-corrected chi connectivity index (χ3v) is 1.76. The van der Waals surface area contributed by atoms with Gasteiger partial charge >= 0.3 is 0 Å². The highest BCUT2D eigenvalue weighted by Gasteiger charge is 2.16. The molecule has 0 amide bonds. The normalized spacial score (nSPS) is 10.7. The molecule has 11 heavy (non-hydrogen) atoms. The van der Waals surface area contributed by atoms with Crippen LogP contribution in [0.1, 0.15) is 0 Å². The van der Waals surface area contributed by atoms with Crippen molar-refractivity contribution in [1.29, 1.82) is 0 Å². The first-order valence-electron chi connectivity index (χ1n) is 3.55. The Kier molecular flexibility index (Phi) is 8.92. The monoisotopic (exact) mass is 210 g/mol. The Bertz CT molecular complexity index is 91.5. The average Bonchev–Trinajstić information content (AvgIpc) is 1.87. The number of hydrogen-bond donors (Lipinski definition) is 0. The minimum Gasteiger partial charge on any atom is -0.396 e. The van der Waals surface area contributed by atoms with Crippen LogP contribution in [0.2, 0.25) is 32.7 Å². The van der Waals surface area contributed by atoms with E-state index < -0.39 is 17.4 Å². The molecule has 0 N–H and O–H groups in total. The SMILES string of the molecule is C[SiH](C)OO[Si](C)(C)C.O=[SiH2]. The Morgan fingerprint density at radius 3 is 1.64 bits per heavy atom. The molecule has 0 spiro atoms. The molecule has 6 heteroatoms. The Balaban J connectivity index is 0. The predicted octanol–water partition coefficient (Wildman–Crippen LogP) is 0.718. The van der Waals surface area contributed by atoms with Gasteiger partial charge in [0.05, 0.1) is 0 Å². The van der Waals surface area contributed by atoms with Gasteiger partial charge in [0, 0.05) is 0 Å². The third kappa shape index (κ3) is 17.9. The maximum atomic E-state index is 8.28. The van der Waals surface area contributed by atoms with Crippen LogP contribution < -0.4 is 0 Å². The van der Waals surface area contributed by atoms with E-state index in [9.17, 15) is 0 Å². The van der Waals surface area contributed by atoms with Gasteiger partial charge in [-0.1, -0.05) is 0 Å². The molecule has 0 aromatic carbocycles. The second kappa shape index (κ2) is 7.04. The second-order valence-electron chi connectivity index (χ2n) is 3.34. The molecule has 0 aliphatic rings. The third-order valence-electron chi connectivity index (χ3n) is 0.491. The summed E-state index contributed by atoms with van der Waals surface area (Å²) in [5.74, 6) is 0. The predicted molar refractivity (Wildman–Crippen MR) is 53.6 cm³/mol. The summed E-state index contributed by atoms with van der Waals surface area (Å²) in [6.45, 7) is 10.5. The van der Waals surface area contributed by atoms with Gasteiger partial charge in [0.2, 0.25) is 27.5 Å². The van der Waals surface area contributed by atoms with E-state index in [1.165, 1.54) is 0 Å². The van der Waals surface area contributed by atoms with Gasteiger partial charge in [-0.25, -0.2) is 0 Å². The summed E-state index contributed by atoms with van der Waals surface area (Å²) in [5, 5.41) is 0. The molecule has 3 nitrogen and oxygen atoms in total. The summed E-state index contributed by atoms with van der Waals surface area (Å²) >= 11 is 0. The van der Waals surface area contributed by atoms with Crippen LogP contribution in [0.15, 0.2) is 0 Å². The van der Waals surface area contributed by atoms with Crippen molar-refractivity contribution in [1.82, 2.24) is 0 Å². The van der Waals surface area contributed by atoms with Crippen LogP contribution >= 0.6 is 0 Å². The van der Waals surface area contributed by atoms with E-state index >= 15 is 0 Å². The fourth-order valence-corrected chi connectivity index (χ4v) is 2.17. The Hall–Kier alpha value is 0.371. The fraction of sp³-hybridized carbons (Fsp3) is 1.00. The van der Waals surface area contributed by atoms with Crippen molar-refractivity contribution in [2.45, 2.75) is 32.7 Å². The molecular formula is C5H18O3Si3. The molecule has 0 aliphatic heterocycles. The highest BCUT2D eigenvalue weighted by molar-refractivity contribution is 6.69. The quantitative estimate of drug-likeness (QED) is 0.391. The van der Waals surface area contributed by atoms with Crippen molar-refractivity contribution in [3.05, 3.63) is 0 Å². The second-order valence-corrected chi connectivity index (χ2v) is 10.0. The van der Waals surface area contributed by atoms with Crippen molar-refractivity contribution in [2.24, 2.45) is 0 Å². The highest BCUT2D eigenvalue weighted by atomic mass is 28.4. The molecule has 0 saturated carbocycles. The first-order chi connectivity index (χ1) is 4.92. The zero-order valence-corrected chi connectivity index (χ0v) is 11.6. The van der Waals surface area contributed by atoms with Crippen molar-refractivity contribution < 1.29 is 13.6 Å². The van der Waals surface area contributed by atoms with Crippen LogP contribution in [0.3, 0.4) is 0 Å². The maximum Gasteiger partial charge on any atom is 0.245 e. The van der Waals surface area contributed by atoms with Gasteiger partial charge in [-0.2, -0.15) is 0 Å². The molecule has 0 aromatic heterocycles. The molecule has 0 heterocycles. The van der Waals surface area contributed by atoms with Gasteiger partial charge in [0.15, 0.2) is 0 Å². The van der Waals surface area contributed by atoms with E-state index in [2.05, 4.69) is 32.7 Å². The molecule has 68 valence electrons. The lowest BCUT2D eigenvalue weighted by atomic mass is 11.8. The van der Waals surface area contributed by atoms with Crippen molar-refractivity contribution in [3.8, 4) is 0 Å². The lowest BCUT2D eigenvalue weighted by Crippen LogP contribution is -2.28. The summed E-state index contributed by atoms with van der Waals surface area (Å²) in [4.78, 5) is 0. The van der Waals surface area contributed by atoms with E-state index in [1.54, 1.807) is 0 Å². The summed E-state index contributed by atoms with van der Waals surface area (Å²) < 4.78 is 18.6. The summed E-state index contributed by atoms with van der Waals surface area (Å²) in [7, 11) is -1.75. The number of hydrogen-bond acceptors (Lipinski definition) is 3. The van der Waals surface area contributed by atoms with Crippen LogP contribution in [-0.4, -0.2) is 27.5 Å². The summed E-state index contributed by atoms with van der Waals surface area (Å²) in [5.41, 5.74) is 0. The molecule has 0 atom stereocenters. The molecular weight excluding hydrogens is 192 g/mol. The summed E-state index contributed by atoms with van der Waals surface area (Å²) in [6, 6.07) is 0. The van der Waals surface area contributed by atoms with Gasteiger partial charge in [-0.15, -0.1) is 0 Å². The Morgan fingerprint density at radius 1 is 1.18 bits per heavy atom. The van der Waals surface area contributed by atoms with E-state index in [0.29, 0.717) is 10.1 Å². The van der Waals surface area contributed by atoms with Crippen molar-refractivity contribution >= 4 is 27.5 Å². The molecule has 0 bridgehead atoms. The first kappa shape index (κ1) is 13.9. The highest BCUT2D eigenvalue weighted by Crippen LogP contribution is 2.03. The Labute approximate surface area is 74.4 Å². The smallest absolute Gasteiger partial charge is 0.245 e. The average molecular weight is 210 g/mol. The van der Waals surface area contributed by atoms with Crippen LogP contribution in [0, 0.1) is 0 Å². The van der Waals surface area contributed by atoms with Gasteiger partial charge < -0.3 is 9.04 Å². The van der Waals surface area contributed by atoms with Crippen molar-refractivity contribution in [3.63, 3.8) is 0 Å². The molecule has 0 saturated heterocycles. The van der Waals surface area contributed by atoms with E-state index in [0.717, 1.165) is 0 Å². The van der Waals surface area contributed by atoms with E-state index in [1.807, 2.05) is 0 Å². The zero-order chi connectivity index (χ0) is 9.49. The van der Waals surface area contributed by atoms with Crippen molar-refractivity contribution in [2.75, 3.05) is 0 Å². The molecule has 0 aliphatic carbocycles. The Morgan fingerprint density at radius 2 is 1.55 bits per heavy atom. The largest absolute Gasteiger partial charge is 0.396 e. The van der Waals surface area contributed by atoms with E-state index in [4.69, 9.17) is 13.6 Å². The fourth-order valence-electron chi connectivity index (χ4n) is 0.241. The van der Waals surface area contributed by atoms with Gasteiger partial charge in [0.1, 0.15) is 0 Å². The summed E-state index contributed by atoms with van der Waals surface area (Å²) in [6.07, 6.45) is 0. The first-order valence-corrected chi connectivity index (χ1v) is 10.3. The zero-order valence-electron chi connectivity index (χ0n) is 8.01. The lowest BCUT2D eigenvalue weighted by Gasteiger charge is -2.17. The molecule has 0 rings (SSSR count). The van der Waals surface area contributed by atoms with Gasteiger partial charge in [-0.3, -0.25) is 4.58 Å². The number of rotatable bonds is 3. The van der Waals surface area contributed by atoms with Gasteiger partial charge in [0.25, 0.3) is 0 Å². The standard InChI is InChI=1S/C5H16O2Si2.H2OSi/c1-8(2)6-7-9(3,4)5;1-2/h8H,1-5H3;2H2. The van der Waals surface area contributed by atoms with Crippen LogP contribution in [0.25, 0.3) is 0 Å². The van der Waals surface area contributed by atoms with Crippen LogP contribution in [0.5, 0.6) is 0 Å². The molecule has 0 radical (unpaired) electrons. The minimum absolute atomic E-state index is 0.611. The maximum absolute atomic E-state index is 8.28. The topological polar surface area (TPSA) is 35.5 Å².